The minimum atomic E-state index is 0.110. The Balaban J connectivity index is 1.31. The van der Waals surface area contributed by atoms with Gasteiger partial charge in [-0.2, -0.15) is 0 Å². The molecule has 3 heterocycles. The van der Waals surface area contributed by atoms with Gasteiger partial charge in [-0.3, -0.25) is 4.79 Å². The number of nitrogens with one attached hydrogen (secondary N) is 4. The van der Waals surface area contributed by atoms with Gasteiger partial charge in [0.15, 0.2) is 5.82 Å². The molecule has 1 aliphatic carbocycles. The van der Waals surface area contributed by atoms with Crippen molar-refractivity contribution in [3.63, 3.8) is 0 Å². The summed E-state index contributed by atoms with van der Waals surface area (Å²) in [5, 5.41) is 9.47. The number of pyridine rings is 1. The van der Waals surface area contributed by atoms with E-state index in [0.29, 0.717) is 19.0 Å². The summed E-state index contributed by atoms with van der Waals surface area (Å²) < 4.78 is 0. The maximum atomic E-state index is 12.0. The van der Waals surface area contributed by atoms with Crippen LogP contribution in [0.1, 0.15) is 36.6 Å². The third kappa shape index (κ3) is 3.88. The summed E-state index contributed by atoms with van der Waals surface area (Å²) in [6.07, 6.45) is 3.40. The Labute approximate surface area is 153 Å². The van der Waals surface area contributed by atoms with E-state index in [9.17, 15) is 4.79 Å². The first-order valence-corrected chi connectivity index (χ1v) is 9.47. The number of aryl methyl sites for hydroxylation is 1. The fourth-order valence-electron chi connectivity index (χ4n) is 3.41. The zero-order chi connectivity index (χ0) is 17.9. The zero-order valence-electron chi connectivity index (χ0n) is 15.1. The average Bonchev–Trinajstić information content (AvgIpc) is 3.18. The predicted octanol–water partition coefficient (Wildman–Crippen LogP) is 1.80. The second-order valence-corrected chi connectivity index (χ2v) is 7.19. The second kappa shape index (κ2) is 7.45. The molecule has 1 unspecified atom stereocenters. The number of H-pyrrole nitrogens is 1. The van der Waals surface area contributed by atoms with Crippen LogP contribution in [-0.4, -0.2) is 47.0 Å². The number of imidazole rings is 1. The molecule has 1 amide bonds. The third-order valence-corrected chi connectivity index (χ3v) is 5.04. The minimum absolute atomic E-state index is 0.110. The van der Waals surface area contributed by atoms with Gasteiger partial charge in [-0.15, -0.1) is 0 Å². The normalized spacial score (nSPS) is 19.5. The van der Waals surface area contributed by atoms with Crippen LogP contribution in [0.15, 0.2) is 18.2 Å². The Kier molecular flexibility index (Phi) is 4.88. The van der Waals surface area contributed by atoms with Crippen molar-refractivity contribution in [2.75, 3.05) is 31.5 Å². The quantitative estimate of drug-likeness (QED) is 0.569. The molecule has 0 aromatic carbocycles. The lowest BCUT2D eigenvalue weighted by molar-refractivity contribution is -0.124. The highest BCUT2D eigenvalue weighted by molar-refractivity contribution is 5.79. The number of amides is 1. The first-order chi connectivity index (χ1) is 12.7. The van der Waals surface area contributed by atoms with Crippen molar-refractivity contribution < 1.29 is 4.79 Å². The summed E-state index contributed by atoms with van der Waals surface area (Å²) in [5.41, 5.74) is 3.17. The van der Waals surface area contributed by atoms with Crippen LogP contribution in [0, 0.1) is 12.8 Å². The van der Waals surface area contributed by atoms with Crippen LogP contribution in [-0.2, 0) is 4.79 Å². The number of hydrogen-bond acceptors (Lipinski definition) is 5. The summed E-state index contributed by atoms with van der Waals surface area (Å²) in [4.78, 5) is 24.7. The average molecular weight is 354 g/mol. The van der Waals surface area contributed by atoms with E-state index in [1.165, 1.54) is 18.5 Å². The number of carbonyl (C=O) groups is 1. The number of aromatic amines is 1. The van der Waals surface area contributed by atoms with Crippen LogP contribution in [0.5, 0.6) is 0 Å². The lowest BCUT2D eigenvalue weighted by Crippen LogP contribution is -2.35. The van der Waals surface area contributed by atoms with E-state index in [1.807, 2.05) is 18.2 Å². The van der Waals surface area contributed by atoms with E-state index in [2.05, 4.69) is 32.8 Å². The van der Waals surface area contributed by atoms with Crippen LogP contribution in [0.25, 0.3) is 11.5 Å². The van der Waals surface area contributed by atoms with Gasteiger partial charge >= 0.3 is 0 Å². The van der Waals surface area contributed by atoms with Crippen LogP contribution in [0.4, 0.5) is 5.82 Å². The number of aromatic nitrogens is 3. The standard InChI is InChI=1S/C19H26N6O/c1-12-17(13-5-6-13)25-18(23-12)15-3-2-4-16(24-15)21-9-10-22-19(26)14-7-8-20-11-14/h2-4,13-14,20H,5-11H2,1H3,(H,21,24)(H,22,26)(H,23,25). The fourth-order valence-corrected chi connectivity index (χ4v) is 3.41. The summed E-state index contributed by atoms with van der Waals surface area (Å²) in [6, 6.07) is 5.88. The molecule has 2 aliphatic rings. The lowest BCUT2D eigenvalue weighted by Gasteiger charge is -2.11. The predicted molar refractivity (Wildman–Crippen MR) is 101 cm³/mol. The topological polar surface area (TPSA) is 94.7 Å². The molecule has 7 nitrogen and oxygen atoms in total. The number of hydrogen-bond donors (Lipinski definition) is 4. The largest absolute Gasteiger partial charge is 0.368 e. The molecule has 0 spiro atoms. The van der Waals surface area contributed by atoms with Crippen molar-refractivity contribution >= 4 is 11.7 Å². The van der Waals surface area contributed by atoms with Crippen LogP contribution in [0.3, 0.4) is 0 Å². The van der Waals surface area contributed by atoms with Gasteiger partial charge in [-0.1, -0.05) is 6.07 Å². The van der Waals surface area contributed by atoms with E-state index in [1.54, 1.807) is 0 Å². The molecule has 2 aromatic rings. The Morgan fingerprint density at radius 1 is 1.23 bits per heavy atom. The maximum absolute atomic E-state index is 12.0. The highest BCUT2D eigenvalue weighted by Gasteiger charge is 2.28. The molecule has 0 radical (unpaired) electrons. The molecule has 1 aliphatic heterocycles. The van der Waals surface area contributed by atoms with Gasteiger partial charge in [0, 0.05) is 31.2 Å². The van der Waals surface area contributed by atoms with Gasteiger partial charge in [0.25, 0.3) is 0 Å². The first kappa shape index (κ1) is 17.0. The number of anilines is 1. The summed E-state index contributed by atoms with van der Waals surface area (Å²) in [7, 11) is 0. The summed E-state index contributed by atoms with van der Waals surface area (Å²) >= 11 is 0. The van der Waals surface area contributed by atoms with Gasteiger partial charge in [0.2, 0.25) is 5.91 Å². The van der Waals surface area contributed by atoms with Crippen LogP contribution >= 0.6 is 0 Å². The second-order valence-electron chi connectivity index (χ2n) is 7.19. The van der Waals surface area contributed by atoms with Crippen molar-refractivity contribution in [2.24, 2.45) is 5.92 Å². The number of nitrogens with zero attached hydrogens (tertiary/aromatic N) is 2. The van der Waals surface area contributed by atoms with E-state index >= 15 is 0 Å². The Bertz CT molecular complexity index is 776. The maximum Gasteiger partial charge on any atom is 0.224 e. The van der Waals surface area contributed by atoms with Crippen molar-refractivity contribution in [3.8, 4) is 11.5 Å². The van der Waals surface area contributed by atoms with Crippen molar-refractivity contribution in [1.82, 2.24) is 25.6 Å². The summed E-state index contributed by atoms with van der Waals surface area (Å²) in [5.74, 6) is 2.49. The molecular weight excluding hydrogens is 328 g/mol. The minimum Gasteiger partial charge on any atom is -0.368 e. The Morgan fingerprint density at radius 3 is 2.88 bits per heavy atom. The molecule has 1 saturated carbocycles. The van der Waals surface area contributed by atoms with E-state index in [-0.39, 0.29) is 11.8 Å². The van der Waals surface area contributed by atoms with Crippen molar-refractivity contribution in [2.45, 2.75) is 32.1 Å². The van der Waals surface area contributed by atoms with Gasteiger partial charge in [0.05, 0.1) is 11.6 Å². The highest BCUT2D eigenvalue weighted by atomic mass is 16.1. The number of carbonyl (C=O) groups excluding carboxylic acids is 1. The van der Waals surface area contributed by atoms with E-state index in [0.717, 1.165) is 42.5 Å². The van der Waals surface area contributed by atoms with Crippen LogP contribution < -0.4 is 16.0 Å². The van der Waals surface area contributed by atoms with Gasteiger partial charge in [-0.25, -0.2) is 9.97 Å². The van der Waals surface area contributed by atoms with Crippen molar-refractivity contribution in [3.05, 3.63) is 29.6 Å². The third-order valence-electron chi connectivity index (χ3n) is 5.04. The van der Waals surface area contributed by atoms with E-state index in [4.69, 9.17) is 4.98 Å². The van der Waals surface area contributed by atoms with Gasteiger partial charge in [-0.05, 0) is 44.9 Å². The van der Waals surface area contributed by atoms with Crippen LogP contribution in [0.2, 0.25) is 0 Å². The molecule has 0 bridgehead atoms. The molecule has 138 valence electrons. The van der Waals surface area contributed by atoms with E-state index < -0.39 is 0 Å². The molecule has 4 N–H and O–H groups in total. The molecule has 2 aromatic heterocycles. The Morgan fingerprint density at radius 2 is 2.12 bits per heavy atom. The number of rotatable bonds is 7. The molecular formula is C19H26N6O. The fraction of sp³-hybridized carbons (Fsp3) is 0.526. The zero-order valence-corrected chi connectivity index (χ0v) is 15.1. The lowest BCUT2D eigenvalue weighted by atomic mass is 10.1. The molecule has 2 fully saturated rings. The van der Waals surface area contributed by atoms with Gasteiger partial charge < -0.3 is 20.9 Å². The molecule has 1 saturated heterocycles. The van der Waals surface area contributed by atoms with Gasteiger partial charge in [0.1, 0.15) is 11.5 Å². The molecule has 4 rings (SSSR count). The first-order valence-electron chi connectivity index (χ1n) is 9.47. The molecule has 26 heavy (non-hydrogen) atoms. The smallest absolute Gasteiger partial charge is 0.224 e. The highest BCUT2D eigenvalue weighted by Crippen LogP contribution is 2.41. The SMILES string of the molecule is Cc1[nH]c(-c2cccc(NCCNC(=O)C3CCNC3)n2)nc1C1CC1. The molecule has 1 atom stereocenters. The van der Waals surface area contributed by atoms with Crippen molar-refractivity contribution in [1.29, 1.82) is 0 Å². The summed E-state index contributed by atoms with van der Waals surface area (Å²) in [6.45, 7) is 5.03. The molecule has 7 heteroatoms. The Hall–Kier alpha value is -2.41. The monoisotopic (exact) mass is 354 g/mol.